The van der Waals surface area contributed by atoms with Crippen LogP contribution < -0.4 is 0 Å². The summed E-state index contributed by atoms with van der Waals surface area (Å²) in [6.07, 6.45) is 12.7. The largest absolute Gasteiger partial charge is 0.0919 e. The molecule has 0 aromatic heterocycles. The maximum Gasteiger partial charge on any atom is -0.0308 e. The van der Waals surface area contributed by atoms with Crippen LogP contribution in [-0.2, 0) is 0 Å². The Kier molecular flexibility index (Phi) is 21.7. The highest BCUT2D eigenvalue weighted by atomic mass is 14.3. The van der Waals surface area contributed by atoms with Gasteiger partial charge in [-0.15, -0.1) is 0 Å². The SMILES string of the molecule is C/C=C(\C)CC.C/C=C/C.CCC(CC)(CC)CC. The van der Waals surface area contributed by atoms with Crippen LogP contribution in [0.3, 0.4) is 0 Å². The Labute approximate surface area is 124 Å². The van der Waals surface area contributed by atoms with Crippen LogP contribution in [0.1, 0.15) is 94.4 Å². The van der Waals surface area contributed by atoms with Crippen LogP contribution >= 0.6 is 0 Å². The lowest BCUT2D eigenvalue weighted by atomic mass is 9.78. The van der Waals surface area contributed by atoms with Gasteiger partial charge in [-0.05, 0) is 39.5 Å². The van der Waals surface area contributed by atoms with Gasteiger partial charge in [-0.1, -0.05) is 84.1 Å². The van der Waals surface area contributed by atoms with E-state index in [9.17, 15) is 0 Å². The first-order valence-electron chi connectivity index (χ1n) is 8.16. The highest BCUT2D eigenvalue weighted by Crippen LogP contribution is 2.33. The van der Waals surface area contributed by atoms with Crippen molar-refractivity contribution in [3.8, 4) is 0 Å². The smallest absolute Gasteiger partial charge is 0.0308 e. The van der Waals surface area contributed by atoms with Gasteiger partial charge in [0.05, 0.1) is 0 Å². The second-order valence-electron chi connectivity index (χ2n) is 5.07. The molecule has 116 valence electrons. The van der Waals surface area contributed by atoms with Gasteiger partial charge >= 0.3 is 0 Å². The highest BCUT2D eigenvalue weighted by molar-refractivity contribution is 4.93. The first-order valence-corrected chi connectivity index (χ1v) is 8.16. The fourth-order valence-electron chi connectivity index (χ4n) is 1.70. The van der Waals surface area contributed by atoms with Crippen LogP contribution in [0.15, 0.2) is 23.8 Å². The Bertz CT molecular complexity index is 183. The summed E-state index contributed by atoms with van der Waals surface area (Å²) < 4.78 is 0. The Hall–Kier alpha value is -0.520. The van der Waals surface area contributed by atoms with Gasteiger partial charge < -0.3 is 0 Å². The van der Waals surface area contributed by atoms with Crippen LogP contribution in [0.5, 0.6) is 0 Å². The lowest BCUT2D eigenvalue weighted by Gasteiger charge is -2.28. The Morgan fingerprint density at radius 3 is 1.05 bits per heavy atom. The van der Waals surface area contributed by atoms with Gasteiger partial charge in [-0.25, -0.2) is 0 Å². The number of allylic oxidation sites excluding steroid dienone is 4. The Balaban J connectivity index is -0.000000222. The van der Waals surface area contributed by atoms with Crippen molar-refractivity contribution in [2.45, 2.75) is 94.4 Å². The van der Waals surface area contributed by atoms with Crippen molar-refractivity contribution in [2.24, 2.45) is 5.41 Å². The number of rotatable bonds is 5. The van der Waals surface area contributed by atoms with Crippen LogP contribution in [0.25, 0.3) is 0 Å². The molecule has 0 nitrogen and oxygen atoms in total. The Morgan fingerprint density at radius 2 is 1.05 bits per heavy atom. The molecule has 0 rings (SSSR count). The third-order valence-electron chi connectivity index (χ3n) is 4.38. The first kappa shape index (κ1) is 23.6. The monoisotopic (exact) mass is 268 g/mol. The quantitative estimate of drug-likeness (QED) is 0.451. The van der Waals surface area contributed by atoms with Crippen LogP contribution in [-0.4, -0.2) is 0 Å². The highest BCUT2D eigenvalue weighted by Gasteiger charge is 2.20. The number of hydrogen-bond acceptors (Lipinski definition) is 0. The standard InChI is InChI=1S/C9H20.C6H12.C4H8/c1-5-9(6-2,7-3)8-4;1-4-6(3)5-2;1-3-4-2/h5-8H2,1-4H3;4H,5H2,1-3H3;3-4H,1-2H3/b;6-4+;4-3+. The fraction of sp³-hybridized carbons (Fsp3) is 0.789. The molecule has 0 unspecified atom stereocenters. The molecule has 0 radical (unpaired) electrons. The average molecular weight is 269 g/mol. The molecule has 19 heavy (non-hydrogen) atoms. The summed E-state index contributed by atoms with van der Waals surface area (Å²) in [6, 6.07) is 0. The molecule has 0 atom stereocenters. The summed E-state index contributed by atoms with van der Waals surface area (Å²) in [5.41, 5.74) is 2.13. The molecular weight excluding hydrogens is 228 g/mol. The summed E-state index contributed by atoms with van der Waals surface area (Å²) in [5, 5.41) is 0. The lowest BCUT2D eigenvalue weighted by Crippen LogP contribution is -2.15. The van der Waals surface area contributed by atoms with Crippen molar-refractivity contribution in [3.63, 3.8) is 0 Å². The summed E-state index contributed by atoms with van der Waals surface area (Å²) in [5.74, 6) is 0. The molecule has 0 heteroatoms. The molecule has 0 saturated heterocycles. The molecule has 0 N–H and O–H groups in total. The molecule has 0 heterocycles. The van der Waals surface area contributed by atoms with Crippen molar-refractivity contribution in [2.75, 3.05) is 0 Å². The summed E-state index contributed by atoms with van der Waals surface area (Å²) in [6.45, 7) is 19.6. The minimum Gasteiger partial charge on any atom is -0.0919 e. The van der Waals surface area contributed by atoms with Crippen molar-refractivity contribution < 1.29 is 0 Å². The van der Waals surface area contributed by atoms with E-state index < -0.39 is 0 Å². The van der Waals surface area contributed by atoms with E-state index in [2.05, 4.69) is 54.5 Å². The average Bonchev–Trinajstić information content (AvgIpc) is 2.50. The van der Waals surface area contributed by atoms with Crippen LogP contribution in [0, 0.1) is 5.41 Å². The van der Waals surface area contributed by atoms with E-state index in [0.29, 0.717) is 5.41 Å². The molecule has 0 amide bonds. The summed E-state index contributed by atoms with van der Waals surface area (Å²) in [4.78, 5) is 0. The molecule has 0 spiro atoms. The zero-order valence-electron chi connectivity index (χ0n) is 15.3. The lowest BCUT2D eigenvalue weighted by molar-refractivity contribution is 0.240. The summed E-state index contributed by atoms with van der Waals surface area (Å²) in [7, 11) is 0. The van der Waals surface area contributed by atoms with Crippen LogP contribution in [0.2, 0.25) is 0 Å². The molecule has 0 saturated carbocycles. The van der Waals surface area contributed by atoms with E-state index >= 15 is 0 Å². The van der Waals surface area contributed by atoms with Gasteiger partial charge in [-0.2, -0.15) is 0 Å². The summed E-state index contributed by atoms with van der Waals surface area (Å²) >= 11 is 0. The molecule has 0 aromatic carbocycles. The second kappa shape index (κ2) is 17.5. The van der Waals surface area contributed by atoms with Crippen molar-refractivity contribution in [3.05, 3.63) is 23.8 Å². The molecule has 0 aliphatic rings. The van der Waals surface area contributed by atoms with E-state index in [1.165, 1.54) is 37.7 Å². The molecule has 0 fully saturated rings. The van der Waals surface area contributed by atoms with Gasteiger partial charge in [0.15, 0.2) is 0 Å². The van der Waals surface area contributed by atoms with Crippen molar-refractivity contribution in [1.82, 2.24) is 0 Å². The van der Waals surface area contributed by atoms with Gasteiger partial charge in [0, 0.05) is 0 Å². The number of hydrogen-bond donors (Lipinski definition) is 0. The van der Waals surface area contributed by atoms with Gasteiger partial charge in [-0.3, -0.25) is 0 Å². The zero-order valence-corrected chi connectivity index (χ0v) is 15.3. The Morgan fingerprint density at radius 1 is 0.737 bits per heavy atom. The minimum absolute atomic E-state index is 0.667. The third-order valence-corrected chi connectivity index (χ3v) is 4.38. The second-order valence-corrected chi connectivity index (χ2v) is 5.07. The van der Waals surface area contributed by atoms with Crippen molar-refractivity contribution in [1.29, 1.82) is 0 Å². The van der Waals surface area contributed by atoms with Gasteiger partial charge in [0.2, 0.25) is 0 Å². The molecule has 0 bridgehead atoms. The minimum atomic E-state index is 0.667. The first-order chi connectivity index (χ1) is 8.96. The van der Waals surface area contributed by atoms with Gasteiger partial charge in [0.25, 0.3) is 0 Å². The molecule has 0 aliphatic carbocycles. The van der Waals surface area contributed by atoms with E-state index in [0.717, 1.165) is 0 Å². The van der Waals surface area contributed by atoms with E-state index in [4.69, 9.17) is 0 Å². The van der Waals surface area contributed by atoms with Crippen molar-refractivity contribution >= 4 is 0 Å². The van der Waals surface area contributed by atoms with Gasteiger partial charge in [0.1, 0.15) is 0 Å². The van der Waals surface area contributed by atoms with E-state index in [-0.39, 0.29) is 0 Å². The van der Waals surface area contributed by atoms with E-state index in [1.807, 2.05) is 26.0 Å². The molecule has 0 aliphatic heterocycles. The third kappa shape index (κ3) is 15.4. The maximum absolute atomic E-state index is 2.30. The molecule has 0 aromatic rings. The topological polar surface area (TPSA) is 0 Å². The zero-order chi connectivity index (χ0) is 15.7. The maximum atomic E-state index is 2.30. The molecular formula is C19H40. The van der Waals surface area contributed by atoms with E-state index in [1.54, 1.807) is 0 Å². The van der Waals surface area contributed by atoms with Crippen LogP contribution in [0.4, 0.5) is 0 Å². The predicted molar refractivity (Wildman–Crippen MR) is 93.8 cm³/mol. The predicted octanol–water partition coefficient (Wildman–Crippen LogP) is 7.56. The fourth-order valence-corrected chi connectivity index (χ4v) is 1.70. The normalized spacial score (nSPS) is 11.5.